The van der Waals surface area contributed by atoms with Crippen molar-refractivity contribution >= 4 is 0 Å². The zero-order valence-electron chi connectivity index (χ0n) is 9.81. The van der Waals surface area contributed by atoms with Crippen LogP contribution in [0.2, 0.25) is 0 Å². The highest BCUT2D eigenvalue weighted by Crippen LogP contribution is 2.36. The Hall–Kier alpha value is -1.16. The minimum atomic E-state index is -0.940. The SMILES string of the molecule is COc1c(C(C)(C)CCN)ccc(F)c1F. The second-order valence-electron chi connectivity index (χ2n) is 4.36. The van der Waals surface area contributed by atoms with Gasteiger partial charge in [-0.3, -0.25) is 0 Å². The Kier molecular flexibility index (Phi) is 3.86. The molecule has 0 spiro atoms. The first kappa shape index (κ1) is 12.9. The zero-order chi connectivity index (χ0) is 12.3. The van der Waals surface area contributed by atoms with Crippen molar-refractivity contribution in [2.45, 2.75) is 25.7 Å². The summed E-state index contributed by atoms with van der Waals surface area (Å²) in [6.07, 6.45) is 0.675. The van der Waals surface area contributed by atoms with Crippen molar-refractivity contribution in [2.75, 3.05) is 13.7 Å². The molecule has 2 N–H and O–H groups in total. The van der Waals surface area contributed by atoms with Gasteiger partial charge in [0.1, 0.15) is 0 Å². The average molecular weight is 229 g/mol. The predicted octanol–water partition coefficient (Wildman–Crippen LogP) is 2.60. The fourth-order valence-electron chi connectivity index (χ4n) is 1.76. The molecule has 0 bridgehead atoms. The van der Waals surface area contributed by atoms with E-state index in [2.05, 4.69) is 0 Å². The van der Waals surface area contributed by atoms with E-state index in [0.717, 1.165) is 6.07 Å². The van der Waals surface area contributed by atoms with Crippen LogP contribution in [0.15, 0.2) is 12.1 Å². The molecule has 1 aromatic rings. The monoisotopic (exact) mass is 229 g/mol. The quantitative estimate of drug-likeness (QED) is 0.861. The molecule has 0 fully saturated rings. The number of ether oxygens (including phenoxy) is 1. The van der Waals surface area contributed by atoms with Crippen LogP contribution < -0.4 is 10.5 Å². The normalized spacial score (nSPS) is 11.6. The molecular formula is C12H17F2NO. The van der Waals surface area contributed by atoms with Crippen LogP contribution in [0.1, 0.15) is 25.8 Å². The maximum absolute atomic E-state index is 13.5. The molecule has 90 valence electrons. The van der Waals surface area contributed by atoms with Crippen molar-refractivity contribution in [2.24, 2.45) is 5.73 Å². The molecule has 2 nitrogen and oxygen atoms in total. The van der Waals surface area contributed by atoms with E-state index in [4.69, 9.17) is 10.5 Å². The molecule has 1 aromatic carbocycles. The summed E-state index contributed by atoms with van der Waals surface area (Å²) in [7, 11) is 1.33. The molecule has 1 rings (SSSR count). The Morgan fingerprint density at radius 3 is 2.44 bits per heavy atom. The highest BCUT2D eigenvalue weighted by molar-refractivity contribution is 5.40. The molecule has 0 heterocycles. The summed E-state index contributed by atoms with van der Waals surface area (Å²) in [6.45, 7) is 4.33. The first-order chi connectivity index (χ1) is 7.44. The summed E-state index contributed by atoms with van der Waals surface area (Å²) in [6, 6.07) is 2.67. The van der Waals surface area contributed by atoms with Gasteiger partial charge in [0.2, 0.25) is 5.82 Å². The molecule has 0 saturated heterocycles. The maximum atomic E-state index is 13.5. The van der Waals surface area contributed by atoms with Crippen molar-refractivity contribution in [3.05, 3.63) is 29.3 Å². The Balaban J connectivity index is 3.28. The van der Waals surface area contributed by atoms with E-state index < -0.39 is 11.6 Å². The van der Waals surface area contributed by atoms with Gasteiger partial charge in [-0.2, -0.15) is 4.39 Å². The second kappa shape index (κ2) is 4.78. The smallest absolute Gasteiger partial charge is 0.200 e. The van der Waals surface area contributed by atoms with Crippen LogP contribution in [0.4, 0.5) is 8.78 Å². The van der Waals surface area contributed by atoms with Crippen LogP contribution >= 0.6 is 0 Å². The third-order valence-electron chi connectivity index (χ3n) is 2.75. The lowest BCUT2D eigenvalue weighted by molar-refractivity contribution is 0.350. The van der Waals surface area contributed by atoms with Crippen LogP contribution in [0.3, 0.4) is 0 Å². The van der Waals surface area contributed by atoms with Gasteiger partial charge >= 0.3 is 0 Å². The lowest BCUT2D eigenvalue weighted by atomic mass is 9.81. The minimum absolute atomic E-state index is 0.0292. The molecule has 16 heavy (non-hydrogen) atoms. The highest BCUT2D eigenvalue weighted by atomic mass is 19.2. The molecule has 0 saturated carbocycles. The summed E-state index contributed by atoms with van der Waals surface area (Å²) in [5.74, 6) is -1.87. The number of hydrogen-bond acceptors (Lipinski definition) is 2. The first-order valence-electron chi connectivity index (χ1n) is 5.16. The molecular weight excluding hydrogens is 212 g/mol. The molecule has 4 heteroatoms. The summed E-state index contributed by atoms with van der Waals surface area (Å²) in [4.78, 5) is 0. The Bertz CT molecular complexity index is 378. The lowest BCUT2D eigenvalue weighted by Gasteiger charge is -2.26. The van der Waals surface area contributed by atoms with Gasteiger partial charge in [0.15, 0.2) is 11.6 Å². The van der Waals surface area contributed by atoms with Crippen molar-refractivity contribution in [1.29, 1.82) is 0 Å². The van der Waals surface area contributed by atoms with Crippen molar-refractivity contribution in [1.82, 2.24) is 0 Å². The van der Waals surface area contributed by atoms with Gasteiger partial charge in [-0.15, -0.1) is 0 Å². The van der Waals surface area contributed by atoms with E-state index in [-0.39, 0.29) is 11.2 Å². The zero-order valence-corrected chi connectivity index (χ0v) is 9.81. The van der Waals surface area contributed by atoms with Crippen LogP contribution in [-0.2, 0) is 5.41 Å². The summed E-state index contributed by atoms with van der Waals surface area (Å²) in [5.41, 5.74) is 5.80. The van der Waals surface area contributed by atoms with E-state index in [1.165, 1.54) is 7.11 Å². The first-order valence-corrected chi connectivity index (χ1v) is 5.16. The van der Waals surface area contributed by atoms with Gasteiger partial charge in [0.25, 0.3) is 0 Å². The maximum Gasteiger partial charge on any atom is 0.200 e. The van der Waals surface area contributed by atoms with Gasteiger partial charge in [-0.25, -0.2) is 4.39 Å². The van der Waals surface area contributed by atoms with Crippen molar-refractivity contribution in [3.63, 3.8) is 0 Å². The van der Waals surface area contributed by atoms with E-state index in [1.807, 2.05) is 13.8 Å². The average Bonchev–Trinajstić information content (AvgIpc) is 2.21. The molecule has 0 aliphatic rings. The summed E-state index contributed by atoms with van der Waals surface area (Å²) >= 11 is 0. The van der Waals surface area contributed by atoms with Gasteiger partial charge in [0.05, 0.1) is 7.11 Å². The van der Waals surface area contributed by atoms with Crippen LogP contribution in [0.25, 0.3) is 0 Å². The molecule has 0 aliphatic heterocycles. The lowest BCUT2D eigenvalue weighted by Crippen LogP contribution is -2.23. The van der Waals surface area contributed by atoms with Crippen LogP contribution in [-0.4, -0.2) is 13.7 Å². The highest BCUT2D eigenvalue weighted by Gasteiger charge is 2.26. The molecule has 0 amide bonds. The van der Waals surface area contributed by atoms with Crippen molar-refractivity contribution in [3.8, 4) is 5.75 Å². The Labute approximate surface area is 94.4 Å². The van der Waals surface area contributed by atoms with Gasteiger partial charge < -0.3 is 10.5 Å². The molecule has 0 atom stereocenters. The number of methoxy groups -OCH3 is 1. The van der Waals surface area contributed by atoms with Crippen LogP contribution in [0, 0.1) is 11.6 Å². The number of hydrogen-bond donors (Lipinski definition) is 1. The van der Waals surface area contributed by atoms with E-state index in [9.17, 15) is 8.78 Å². The number of nitrogens with two attached hydrogens (primary N) is 1. The van der Waals surface area contributed by atoms with E-state index >= 15 is 0 Å². The molecule has 0 unspecified atom stereocenters. The Morgan fingerprint density at radius 2 is 1.94 bits per heavy atom. The van der Waals surface area contributed by atoms with Gasteiger partial charge in [-0.1, -0.05) is 19.9 Å². The fourth-order valence-corrected chi connectivity index (χ4v) is 1.76. The third-order valence-corrected chi connectivity index (χ3v) is 2.75. The topological polar surface area (TPSA) is 35.2 Å². The molecule has 0 aromatic heterocycles. The minimum Gasteiger partial charge on any atom is -0.493 e. The van der Waals surface area contributed by atoms with Crippen molar-refractivity contribution < 1.29 is 13.5 Å². The Morgan fingerprint density at radius 1 is 1.31 bits per heavy atom. The van der Waals surface area contributed by atoms with E-state index in [0.29, 0.717) is 18.5 Å². The number of halogens is 2. The third kappa shape index (κ3) is 2.32. The summed E-state index contributed by atoms with van der Waals surface area (Å²) in [5, 5.41) is 0. The standard InChI is InChI=1S/C12H17F2NO/c1-12(2,6-7-15)8-4-5-9(13)10(14)11(8)16-3/h4-5H,6-7,15H2,1-3H3. The molecule has 0 aliphatic carbocycles. The number of rotatable bonds is 4. The second-order valence-corrected chi connectivity index (χ2v) is 4.36. The van der Waals surface area contributed by atoms with Gasteiger partial charge in [0, 0.05) is 5.56 Å². The summed E-state index contributed by atoms with van der Waals surface area (Å²) < 4.78 is 31.5. The van der Waals surface area contributed by atoms with Gasteiger partial charge in [-0.05, 0) is 24.4 Å². The van der Waals surface area contributed by atoms with E-state index in [1.54, 1.807) is 6.07 Å². The fraction of sp³-hybridized carbons (Fsp3) is 0.500. The largest absolute Gasteiger partial charge is 0.493 e. The molecule has 0 radical (unpaired) electrons. The van der Waals surface area contributed by atoms with Crippen LogP contribution in [0.5, 0.6) is 5.75 Å². The predicted molar refractivity (Wildman–Crippen MR) is 59.6 cm³/mol. The number of benzene rings is 1.